The van der Waals surface area contributed by atoms with Crippen molar-refractivity contribution in [3.63, 3.8) is 0 Å². The van der Waals surface area contributed by atoms with Crippen LogP contribution in [-0.2, 0) is 4.74 Å². The molecule has 0 aromatic carbocycles. The first-order chi connectivity index (χ1) is 14.4. The van der Waals surface area contributed by atoms with Gasteiger partial charge in [0.2, 0.25) is 5.82 Å². The number of nitrogens with one attached hydrogen (secondary N) is 2. The third-order valence-corrected chi connectivity index (χ3v) is 4.42. The molecule has 1 heterocycles. The summed E-state index contributed by atoms with van der Waals surface area (Å²) in [7, 11) is 0. The molecule has 0 unspecified atom stereocenters. The standard InChI is InChI=1S/C22H39N5O4/c1-16(2)10-14-26(15-11-17(3)4)19-9-8-18(27(29)30)20(25-19)23-12-13-24-21(28)31-22(5,6)7/h8-9,16-17H,10-15H2,1-7H3,(H,23,25)(H,24,28). The van der Waals surface area contributed by atoms with Crippen LogP contribution in [0.4, 0.5) is 22.1 Å². The smallest absolute Gasteiger partial charge is 0.407 e. The van der Waals surface area contributed by atoms with Gasteiger partial charge in [-0.15, -0.1) is 0 Å². The third-order valence-electron chi connectivity index (χ3n) is 4.42. The summed E-state index contributed by atoms with van der Waals surface area (Å²) in [6.45, 7) is 16.3. The lowest BCUT2D eigenvalue weighted by Gasteiger charge is -2.26. The Balaban J connectivity index is 2.88. The Hall–Kier alpha value is -2.58. The molecule has 0 aliphatic heterocycles. The van der Waals surface area contributed by atoms with E-state index < -0.39 is 16.6 Å². The number of hydrogen-bond donors (Lipinski definition) is 2. The minimum Gasteiger partial charge on any atom is -0.444 e. The molecule has 0 fully saturated rings. The van der Waals surface area contributed by atoms with E-state index in [0.717, 1.165) is 31.7 Å². The van der Waals surface area contributed by atoms with Crippen molar-refractivity contribution in [3.8, 4) is 0 Å². The summed E-state index contributed by atoms with van der Waals surface area (Å²) in [5, 5.41) is 17.1. The van der Waals surface area contributed by atoms with Gasteiger partial charge in [-0.25, -0.2) is 9.78 Å². The summed E-state index contributed by atoms with van der Waals surface area (Å²) in [4.78, 5) is 29.5. The molecule has 0 saturated heterocycles. The van der Waals surface area contributed by atoms with Crippen molar-refractivity contribution in [2.24, 2.45) is 11.8 Å². The van der Waals surface area contributed by atoms with Gasteiger partial charge in [-0.2, -0.15) is 0 Å². The van der Waals surface area contributed by atoms with Crippen LogP contribution in [0.2, 0.25) is 0 Å². The van der Waals surface area contributed by atoms with Gasteiger partial charge < -0.3 is 20.3 Å². The zero-order chi connectivity index (χ0) is 23.6. The van der Waals surface area contributed by atoms with Gasteiger partial charge in [0.05, 0.1) is 4.92 Å². The van der Waals surface area contributed by atoms with Crippen molar-refractivity contribution >= 4 is 23.4 Å². The van der Waals surface area contributed by atoms with E-state index in [2.05, 4.69) is 48.2 Å². The quantitative estimate of drug-likeness (QED) is 0.274. The molecule has 1 rings (SSSR count). The largest absolute Gasteiger partial charge is 0.444 e. The normalized spacial score (nSPS) is 11.5. The van der Waals surface area contributed by atoms with Gasteiger partial charge in [-0.1, -0.05) is 27.7 Å². The molecule has 1 amide bonds. The third kappa shape index (κ3) is 10.8. The van der Waals surface area contributed by atoms with Gasteiger partial charge in [-0.05, 0) is 51.5 Å². The summed E-state index contributed by atoms with van der Waals surface area (Å²) < 4.78 is 5.19. The van der Waals surface area contributed by atoms with Crippen LogP contribution < -0.4 is 15.5 Å². The molecule has 0 radical (unpaired) electrons. The van der Waals surface area contributed by atoms with Gasteiger partial charge >= 0.3 is 11.8 Å². The maximum atomic E-state index is 11.8. The fourth-order valence-corrected chi connectivity index (χ4v) is 2.72. The topological polar surface area (TPSA) is 110 Å². The minimum absolute atomic E-state index is 0.0892. The average Bonchev–Trinajstić information content (AvgIpc) is 2.63. The molecule has 1 aromatic heterocycles. The van der Waals surface area contributed by atoms with Crippen molar-refractivity contribution in [3.05, 3.63) is 22.2 Å². The van der Waals surface area contributed by atoms with Crippen LogP contribution >= 0.6 is 0 Å². The molecular formula is C22H39N5O4. The summed E-state index contributed by atoms with van der Waals surface area (Å²) in [6, 6.07) is 3.20. The molecule has 9 nitrogen and oxygen atoms in total. The number of ether oxygens (including phenoxy) is 1. The Morgan fingerprint density at radius 2 is 1.71 bits per heavy atom. The highest BCUT2D eigenvalue weighted by atomic mass is 16.6. The predicted molar refractivity (Wildman–Crippen MR) is 125 cm³/mol. The molecule has 0 saturated carbocycles. The van der Waals surface area contributed by atoms with Crippen LogP contribution in [0.5, 0.6) is 0 Å². The second-order valence-corrected chi connectivity index (χ2v) is 9.50. The molecule has 176 valence electrons. The van der Waals surface area contributed by atoms with E-state index in [1.165, 1.54) is 6.07 Å². The first-order valence-corrected chi connectivity index (χ1v) is 11.0. The van der Waals surface area contributed by atoms with Gasteiger partial charge in [0.15, 0.2) is 0 Å². The Bertz CT molecular complexity index is 704. The molecule has 2 N–H and O–H groups in total. The lowest BCUT2D eigenvalue weighted by atomic mass is 10.1. The predicted octanol–water partition coefficient (Wildman–Crippen LogP) is 4.83. The second kappa shape index (κ2) is 12.3. The molecule has 31 heavy (non-hydrogen) atoms. The van der Waals surface area contributed by atoms with Crippen LogP contribution in [0.1, 0.15) is 61.3 Å². The van der Waals surface area contributed by atoms with Crippen molar-refractivity contribution in [2.75, 3.05) is 36.4 Å². The zero-order valence-corrected chi connectivity index (χ0v) is 20.0. The molecule has 0 spiro atoms. The van der Waals surface area contributed by atoms with E-state index in [1.54, 1.807) is 26.8 Å². The van der Waals surface area contributed by atoms with Crippen LogP contribution in [0.3, 0.4) is 0 Å². The number of hydrogen-bond acceptors (Lipinski definition) is 7. The van der Waals surface area contributed by atoms with Gasteiger partial charge in [-0.3, -0.25) is 10.1 Å². The van der Waals surface area contributed by atoms with Gasteiger partial charge in [0, 0.05) is 32.2 Å². The molecule has 0 atom stereocenters. The minimum atomic E-state index is -0.582. The second-order valence-electron chi connectivity index (χ2n) is 9.50. The zero-order valence-electron chi connectivity index (χ0n) is 20.0. The van der Waals surface area contributed by atoms with E-state index in [9.17, 15) is 14.9 Å². The Kier molecular flexibility index (Phi) is 10.5. The average molecular weight is 438 g/mol. The van der Waals surface area contributed by atoms with Crippen LogP contribution in [0.25, 0.3) is 0 Å². The molecule has 9 heteroatoms. The van der Waals surface area contributed by atoms with Crippen molar-refractivity contribution < 1.29 is 14.5 Å². The number of aromatic nitrogens is 1. The van der Waals surface area contributed by atoms with Gasteiger partial charge in [0.25, 0.3) is 0 Å². The molecule has 0 aliphatic carbocycles. The summed E-state index contributed by atoms with van der Waals surface area (Å²) in [5.41, 5.74) is -0.671. The van der Waals surface area contributed by atoms with Gasteiger partial charge in [0.1, 0.15) is 11.4 Å². The van der Waals surface area contributed by atoms with Crippen molar-refractivity contribution in [1.29, 1.82) is 0 Å². The maximum Gasteiger partial charge on any atom is 0.407 e. The molecule has 0 aliphatic rings. The van der Waals surface area contributed by atoms with E-state index in [4.69, 9.17) is 4.74 Å². The van der Waals surface area contributed by atoms with Crippen LogP contribution in [-0.4, -0.2) is 47.8 Å². The summed E-state index contributed by atoms with van der Waals surface area (Å²) in [5.74, 6) is 2.02. The van der Waals surface area contributed by atoms with Crippen LogP contribution in [0, 0.1) is 22.0 Å². The number of anilines is 2. The lowest BCUT2D eigenvalue weighted by molar-refractivity contribution is -0.384. The Morgan fingerprint density at radius 1 is 1.13 bits per heavy atom. The SMILES string of the molecule is CC(C)CCN(CCC(C)C)c1ccc([N+](=O)[O-])c(NCCNC(=O)OC(C)(C)C)n1. The number of carbonyl (C=O) groups is 1. The van der Waals surface area contributed by atoms with Crippen LogP contribution in [0.15, 0.2) is 12.1 Å². The molecule has 1 aromatic rings. The highest BCUT2D eigenvalue weighted by molar-refractivity contribution is 5.67. The Morgan fingerprint density at radius 3 is 2.19 bits per heavy atom. The highest BCUT2D eigenvalue weighted by Crippen LogP contribution is 2.26. The summed E-state index contributed by atoms with van der Waals surface area (Å²) >= 11 is 0. The fourth-order valence-electron chi connectivity index (χ4n) is 2.72. The van der Waals surface area contributed by atoms with Crippen molar-refractivity contribution in [2.45, 2.75) is 66.9 Å². The highest BCUT2D eigenvalue weighted by Gasteiger charge is 2.19. The lowest BCUT2D eigenvalue weighted by Crippen LogP contribution is -2.35. The number of rotatable bonds is 12. The summed E-state index contributed by atoms with van der Waals surface area (Å²) in [6.07, 6.45) is 1.50. The first-order valence-electron chi connectivity index (χ1n) is 11.0. The molecular weight excluding hydrogens is 398 g/mol. The number of alkyl carbamates (subject to hydrolysis) is 1. The number of carbonyl (C=O) groups excluding carboxylic acids is 1. The maximum absolute atomic E-state index is 11.8. The number of nitrogens with zero attached hydrogens (tertiary/aromatic N) is 3. The number of amides is 1. The Labute approximate surface area is 186 Å². The van der Waals surface area contributed by atoms with E-state index in [1.807, 2.05) is 0 Å². The van der Waals surface area contributed by atoms with E-state index >= 15 is 0 Å². The first kappa shape index (κ1) is 26.5. The van der Waals surface area contributed by atoms with Crippen molar-refractivity contribution in [1.82, 2.24) is 10.3 Å². The number of nitro groups is 1. The number of pyridine rings is 1. The van der Waals surface area contributed by atoms with E-state index in [-0.39, 0.29) is 24.6 Å². The monoisotopic (exact) mass is 437 g/mol. The molecule has 0 bridgehead atoms. The fraction of sp³-hybridized carbons (Fsp3) is 0.727. The van der Waals surface area contributed by atoms with E-state index in [0.29, 0.717) is 11.8 Å².